The summed E-state index contributed by atoms with van der Waals surface area (Å²) in [4.78, 5) is 20.0. The molecule has 1 N–H and O–H groups in total. The van der Waals surface area contributed by atoms with Crippen molar-refractivity contribution >= 4 is 12.6 Å². The average molecular weight is 242 g/mol. The Kier molecular flexibility index (Phi) is 14.2. The lowest BCUT2D eigenvalue weighted by molar-refractivity contribution is -0.113. The average Bonchev–Trinajstić information content (AvgIpc) is 2.35. The van der Waals surface area contributed by atoms with Crippen molar-refractivity contribution in [3.05, 3.63) is 11.6 Å². The van der Waals surface area contributed by atoms with Crippen molar-refractivity contribution in [3.8, 4) is 0 Å². The number of carbonyl (C=O) groups excluding carboxylic acids is 2. The minimum atomic E-state index is -0.438. The molecular formula is C14H26O3. The molecule has 0 radical (unpaired) electrons. The number of aliphatic hydroxyl groups is 1. The van der Waals surface area contributed by atoms with Crippen LogP contribution in [0.25, 0.3) is 0 Å². The van der Waals surface area contributed by atoms with Gasteiger partial charge < -0.3 is 9.90 Å². The van der Waals surface area contributed by atoms with Crippen molar-refractivity contribution in [2.45, 2.75) is 59.5 Å². The second-order valence-electron chi connectivity index (χ2n) is 4.21. The lowest BCUT2D eigenvalue weighted by atomic mass is 10.0. The Bertz CT molecular complexity index is 222. The quantitative estimate of drug-likeness (QED) is 0.551. The Labute approximate surface area is 105 Å². The zero-order chi connectivity index (χ0) is 13.7. The van der Waals surface area contributed by atoms with Gasteiger partial charge >= 0.3 is 0 Å². The molecular weight excluding hydrogens is 216 g/mol. The minimum absolute atomic E-state index is 0.204. The number of rotatable bonds is 7. The third-order valence-electron chi connectivity index (χ3n) is 2.35. The molecule has 0 aliphatic heterocycles. The van der Waals surface area contributed by atoms with E-state index >= 15 is 0 Å². The largest absolute Gasteiger partial charge is 0.392 e. The highest BCUT2D eigenvalue weighted by atomic mass is 16.3. The molecule has 100 valence electrons. The lowest BCUT2D eigenvalue weighted by Gasteiger charge is -2.10. The fraction of sp³-hybridized carbons (Fsp3) is 0.714. The smallest absolute Gasteiger partial charge is 0.145 e. The van der Waals surface area contributed by atoms with Gasteiger partial charge in [-0.05, 0) is 25.3 Å². The summed E-state index contributed by atoms with van der Waals surface area (Å²) in [5.41, 5.74) is 0.840. The van der Waals surface area contributed by atoms with Gasteiger partial charge in [0.25, 0.3) is 0 Å². The molecule has 0 heterocycles. The molecule has 2 atom stereocenters. The van der Waals surface area contributed by atoms with Crippen LogP contribution in [0.15, 0.2) is 11.6 Å². The van der Waals surface area contributed by atoms with E-state index in [4.69, 9.17) is 5.11 Å². The maximum Gasteiger partial charge on any atom is 0.145 e. The number of aldehydes is 2. The van der Waals surface area contributed by atoms with Gasteiger partial charge in [0, 0.05) is 5.92 Å². The van der Waals surface area contributed by atoms with Crippen molar-refractivity contribution in [1.29, 1.82) is 0 Å². The third kappa shape index (κ3) is 13.0. The monoisotopic (exact) mass is 242 g/mol. The van der Waals surface area contributed by atoms with Gasteiger partial charge in [0.1, 0.15) is 12.6 Å². The number of unbranched alkanes of at least 4 members (excludes halogenated alkanes) is 1. The summed E-state index contributed by atoms with van der Waals surface area (Å²) in [7, 11) is 0. The number of carbonyl (C=O) groups is 2. The van der Waals surface area contributed by atoms with E-state index in [1.165, 1.54) is 0 Å². The Morgan fingerprint density at radius 1 is 1.24 bits per heavy atom. The summed E-state index contributed by atoms with van der Waals surface area (Å²) in [6.07, 6.45) is 6.98. The summed E-state index contributed by atoms with van der Waals surface area (Å²) in [5, 5.41) is 9.09. The number of hydrogen-bond donors (Lipinski definition) is 1. The fourth-order valence-corrected chi connectivity index (χ4v) is 1.07. The van der Waals surface area contributed by atoms with Gasteiger partial charge in [0.15, 0.2) is 0 Å². The molecule has 0 saturated carbocycles. The van der Waals surface area contributed by atoms with Crippen molar-refractivity contribution in [2.24, 2.45) is 5.92 Å². The molecule has 2 unspecified atom stereocenters. The molecule has 0 aromatic heterocycles. The van der Waals surface area contributed by atoms with Crippen LogP contribution < -0.4 is 0 Å². The maximum absolute atomic E-state index is 10.1. The molecule has 0 saturated heterocycles. The fourth-order valence-electron chi connectivity index (χ4n) is 1.07. The predicted octanol–water partition coefficient (Wildman–Crippen LogP) is 2.91. The molecule has 17 heavy (non-hydrogen) atoms. The lowest BCUT2D eigenvalue weighted by Crippen LogP contribution is -2.17. The highest BCUT2D eigenvalue weighted by molar-refractivity contribution is 5.71. The normalized spacial score (nSPS) is 14.3. The van der Waals surface area contributed by atoms with E-state index in [9.17, 15) is 9.59 Å². The predicted molar refractivity (Wildman–Crippen MR) is 70.9 cm³/mol. The van der Waals surface area contributed by atoms with Crippen molar-refractivity contribution in [2.75, 3.05) is 0 Å². The minimum Gasteiger partial charge on any atom is -0.392 e. The standard InChI is InChI=1S/C7H14O2.C7H12O/c1-3-4-7(9)6(2)5-8;1-3-4-5-7(2)6-8/h5-7,9H,3-4H2,1-2H3;5-6H,3-4H2,1-2H3. The Morgan fingerprint density at radius 3 is 2.18 bits per heavy atom. The summed E-state index contributed by atoms with van der Waals surface area (Å²) in [5.74, 6) is -0.204. The molecule has 3 heteroatoms. The van der Waals surface area contributed by atoms with E-state index in [1.54, 1.807) is 6.92 Å². The Balaban J connectivity index is 0. The van der Waals surface area contributed by atoms with Crippen LogP contribution in [0.3, 0.4) is 0 Å². The van der Waals surface area contributed by atoms with Crippen LogP contribution in [-0.2, 0) is 9.59 Å². The number of aliphatic hydroxyl groups excluding tert-OH is 1. The second kappa shape index (κ2) is 13.1. The first kappa shape index (κ1) is 18.4. The van der Waals surface area contributed by atoms with Crippen molar-refractivity contribution < 1.29 is 14.7 Å². The topological polar surface area (TPSA) is 54.4 Å². The summed E-state index contributed by atoms with van der Waals surface area (Å²) >= 11 is 0. The van der Waals surface area contributed by atoms with Gasteiger partial charge in [-0.25, -0.2) is 0 Å². The molecule has 0 aromatic rings. The first-order valence-corrected chi connectivity index (χ1v) is 6.28. The molecule has 0 rings (SSSR count). The van der Waals surface area contributed by atoms with Crippen molar-refractivity contribution in [1.82, 2.24) is 0 Å². The third-order valence-corrected chi connectivity index (χ3v) is 2.35. The molecule has 0 aromatic carbocycles. The van der Waals surface area contributed by atoms with Crippen LogP contribution in [0.4, 0.5) is 0 Å². The molecule has 0 bridgehead atoms. The summed E-state index contributed by atoms with van der Waals surface area (Å²) in [6.45, 7) is 7.63. The molecule has 3 nitrogen and oxygen atoms in total. The Morgan fingerprint density at radius 2 is 1.82 bits per heavy atom. The summed E-state index contributed by atoms with van der Waals surface area (Å²) < 4.78 is 0. The van der Waals surface area contributed by atoms with Crippen LogP contribution in [0, 0.1) is 5.92 Å². The SMILES string of the molecule is CCCC(O)C(C)C=O.CCCC=C(C)C=O. The van der Waals surface area contributed by atoms with E-state index in [2.05, 4.69) is 6.92 Å². The molecule has 0 spiro atoms. The van der Waals surface area contributed by atoms with E-state index in [1.807, 2.05) is 19.9 Å². The van der Waals surface area contributed by atoms with Crippen LogP contribution in [0.5, 0.6) is 0 Å². The Hall–Kier alpha value is -0.960. The van der Waals surface area contributed by atoms with Gasteiger partial charge in [-0.15, -0.1) is 0 Å². The van der Waals surface area contributed by atoms with Gasteiger partial charge in [-0.1, -0.05) is 39.7 Å². The molecule has 0 aliphatic rings. The van der Waals surface area contributed by atoms with E-state index in [0.717, 1.165) is 43.8 Å². The maximum atomic E-state index is 10.1. The molecule has 0 fully saturated rings. The second-order valence-corrected chi connectivity index (χ2v) is 4.21. The van der Waals surface area contributed by atoms with E-state index < -0.39 is 6.10 Å². The van der Waals surface area contributed by atoms with Crippen LogP contribution in [0.2, 0.25) is 0 Å². The van der Waals surface area contributed by atoms with Crippen LogP contribution in [-0.4, -0.2) is 23.8 Å². The number of allylic oxidation sites excluding steroid dienone is 2. The van der Waals surface area contributed by atoms with Gasteiger partial charge in [0.2, 0.25) is 0 Å². The zero-order valence-corrected chi connectivity index (χ0v) is 11.5. The van der Waals surface area contributed by atoms with E-state index in [-0.39, 0.29) is 5.92 Å². The van der Waals surface area contributed by atoms with Gasteiger partial charge in [-0.2, -0.15) is 0 Å². The van der Waals surface area contributed by atoms with Crippen molar-refractivity contribution in [3.63, 3.8) is 0 Å². The highest BCUT2D eigenvalue weighted by Gasteiger charge is 2.10. The first-order valence-electron chi connectivity index (χ1n) is 6.28. The van der Waals surface area contributed by atoms with Crippen LogP contribution in [0.1, 0.15) is 53.4 Å². The van der Waals surface area contributed by atoms with Gasteiger partial charge in [-0.3, -0.25) is 4.79 Å². The highest BCUT2D eigenvalue weighted by Crippen LogP contribution is 2.05. The van der Waals surface area contributed by atoms with Crippen LogP contribution >= 0.6 is 0 Å². The van der Waals surface area contributed by atoms with E-state index in [0.29, 0.717) is 0 Å². The zero-order valence-electron chi connectivity index (χ0n) is 11.5. The molecule has 0 aliphatic carbocycles. The first-order chi connectivity index (χ1) is 8.03. The summed E-state index contributed by atoms with van der Waals surface area (Å²) in [6, 6.07) is 0. The molecule has 0 amide bonds. The van der Waals surface area contributed by atoms with Gasteiger partial charge in [0.05, 0.1) is 6.10 Å². The number of hydrogen-bond acceptors (Lipinski definition) is 3.